The van der Waals surface area contributed by atoms with Gasteiger partial charge in [-0.1, -0.05) is 68.0 Å². The van der Waals surface area contributed by atoms with Crippen LogP contribution in [0.25, 0.3) is 0 Å². The number of carbonyl (C=O) groups excluding carboxylic acids is 1. The van der Waals surface area contributed by atoms with Crippen LogP contribution < -0.4 is 0 Å². The van der Waals surface area contributed by atoms with Crippen LogP contribution in [0.3, 0.4) is 0 Å². The summed E-state index contributed by atoms with van der Waals surface area (Å²) >= 11 is 0. The van der Waals surface area contributed by atoms with Crippen molar-refractivity contribution in [3.63, 3.8) is 0 Å². The van der Waals surface area contributed by atoms with Gasteiger partial charge >= 0.3 is 5.97 Å². The summed E-state index contributed by atoms with van der Waals surface area (Å²) in [5.41, 5.74) is 5.87. The van der Waals surface area contributed by atoms with E-state index in [1.807, 2.05) is 49.4 Å². The lowest BCUT2D eigenvalue weighted by Gasteiger charge is -2.40. The van der Waals surface area contributed by atoms with Gasteiger partial charge in [-0.05, 0) is 48.3 Å². The van der Waals surface area contributed by atoms with Crippen LogP contribution in [0.15, 0.2) is 93.4 Å². The Labute approximate surface area is 195 Å². The van der Waals surface area contributed by atoms with Crippen molar-refractivity contribution < 1.29 is 17.9 Å². The molecule has 0 N–H and O–H groups in total. The molecule has 3 aliphatic rings. The van der Waals surface area contributed by atoms with Crippen molar-refractivity contribution in [2.45, 2.75) is 38.7 Å². The highest BCUT2D eigenvalue weighted by atomic mass is 32.2. The number of sulfonamides is 1. The van der Waals surface area contributed by atoms with Gasteiger partial charge in [0.25, 0.3) is 0 Å². The summed E-state index contributed by atoms with van der Waals surface area (Å²) in [6, 6.07) is 16.6. The molecule has 33 heavy (non-hydrogen) atoms. The molecule has 1 aliphatic carbocycles. The lowest BCUT2D eigenvalue weighted by Crippen LogP contribution is -2.32. The number of hydrogen-bond acceptors (Lipinski definition) is 4. The van der Waals surface area contributed by atoms with Crippen LogP contribution in [0.5, 0.6) is 0 Å². The van der Waals surface area contributed by atoms with Gasteiger partial charge in [0.15, 0.2) is 6.10 Å². The fourth-order valence-electron chi connectivity index (χ4n) is 5.24. The average molecular weight is 462 g/mol. The Balaban J connectivity index is 1.67. The zero-order chi connectivity index (χ0) is 23.5. The lowest BCUT2D eigenvalue weighted by atomic mass is 9.68. The van der Waals surface area contributed by atoms with Crippen molar-refractivity contribution in [2.24, 2.45) is 5.41 Å². The number of hydrogen-bond donors (Lipinski definition) is 0. The maximum Gasteiger partial charge on any atom is 0.334 e. The Morgan fingerprint density at radius 2 is 1.64 bits per heavy atom. The third-order valence-corrected chi connectivity index (χ3v) is 8.58. The summed E-state index contributed by atoms with van der Waals surface area (Å²) in [5, 5.41) is 0. The van der Waals surface area contributed by atoms with Gasteiger partial charge < -0.3 is 4.74 Å². The van der Waals surface area contributed by atoms with Crippen LogP contribution in [0, 0.1) is 12.3 Å². The van der Waals surface area contributed by atoms with Gasteiger partial charge in [0.05, 0.1) is 4.90 Å². The second-order valence-corrected chi connectivity index (χ2v) is 11.5. The molecule has 1 fully saturated rings. The summed E-state index contributed by atoms with van der Waals surface area (Å²) in [7, 11) is -3.66. The van der Waals surface area contributed by atoms with Gasteiger partial charge in [-0.15, -0.1) is 0 Å². The van der Waals surface area contributed by atoms with E-state index in [9.17, 15) is 13.2 Å². The van der Waals surface area contributed by atoms with E-state index in [1.165, 1.54) is 4.31 Å². The van der Waals surface area contributed by atoms with Crippen LogP contribution in [0.1, 0.15) is 38.0 Å². The standard InChI is InChI=1S/C27H27NO4S/c1-17-10-12-21(13-11-17)33(30,31)28-15-20-14-27(3,4)24-18(2)26(29)32-25(23(24)22(20)16-28)19-8-6-5-7-9-19/h5-14,25H,15-16H2,1-4H3. The minimum atomic E-state index is -3.66. The van der Waals surface area contributed by atoms with Gasteiger partial charge in [0.1, 0.15) is 0 Å². The Kier molecular flexibility index (Phi) is 4.99. The van der Waals surface area contributed by atoms with Crippen molar-refractivity contribution in [1.29, 1.82) is 0 Å². The number of carbonyl (C=O) groups is 1. The number of allylic oxidation sites excluding steroid dienone is 1. The monoisotopic (exact) mass is 461 g/mol. The van der Waals surface area contributed by atoms with Gasteiger partial charge in [0.2, 0.25) is 10.0 Å². The van der Waals surface area contributed by atoms with E-state index >= 15 is 0 Å². The zero-order valence-corrected chi connectivity index (χ0v) is 20.1. The molecule has 1 unspecified atom stereocenters. The van der Waals surface area contributed by atoms with Gasteiger partial charge in [-0.2, -0.15) is 4.31 Å². The molecule has 5 rings (SSSR count). The van der Waals surface area contributed by atoms with Gasteiger partial charge in [-0.25, -0.2) is 13.2 Å². The quantitative estimate of drug-likeness (QED) is 0.612. The second-order valence-electron chi connectivity index (χ2n) is 9.57. The first kappa shape index (κ1) is 21.9. The fourth-order valence-corrected chi connectivity index (χ4v) is 6.62. The number of aryl methyl sites for hydroxylation is 1. The minimum absolute atomic E-state index is 0.255. The molecule has 0 bridgehead atoms. The number of rotatable bonds is 3. The molecular formula is C27H27NO4S. The van der Waals surface area contributed by atoms with E-state index in [0.29, 0.717) is 17.0 Å². The van der Waals surface area contributed by atoms with E-state index in [-0.39, 0.29) is 12.5 Å². The van der Waals surface area contributed by atoms with Gasteiger partial charge in [-0.3, -0.25) is 0 Å². The SMILES string of the molecule is CC1=C2C(=C3CN(S(=O)(=O)c4ccc(C)cc4)CC3=CC2(C)C)C(c2ccccc2)OC1=O. The van der Waals surface area contributed by atoms with Crippen LogP contribution in [-0.2, 0) is 19.6 Å². The molecule has 0 amide bonds. The molecule has 0 radical (unpaired) electrons. The van der Waals surface area contributed by atoms with Crippen molar-refractivity contribution in [1.82, 2.24) is 4.31 Å². The fraction of sp³-hybridized carbons (Fsp3) is 0.296. The third-order valence-electron chi connectivity index (χ3n) is 6.77. The molecule has 2 aromatic carbocycles. The van der Waals surface area contributed by atoms with Crippen LogP contribution in [0.2, 0.25) is 0 Å². The predicted octanol–water partition coefficient (Wildman–Crippen LogP) is 4.88. The third kappa shape index (κ3) is 3.49. The molecule has 1 atom stereocenters. The number of nitrogens with zero attached hydrogens (tertiary/aromatic N) is 1. The molecule has 170 valence electrons. The number of ether oxygens (including phenoxy) is 1. The first-order valence-corrected chi connectivity index (χ1v) is 12.5. The molecule has 0 aromatic heterocycles. The summed E-state index contributed by atoms with van der Waals surface area (Å²) in [5.74, 6) is -0.324. The van der Waals surface area contributed by atoms with Crippen LogP contribution >= 0.6 is 0 Å². The van der Waals surface area contributed by atoms with E-state index in [2.05, 4.69) is 19.9 Å². The maximum absolute atomic E-state index is 13.5. The second kappa shape index (κ2) is 7.54. The first-order chi connectivity index (χ1) is 15.6. The molecule has 6 heteroatoms. The highest BCUT2D eigenvalue weighted by Crippen LogP contribution is 2.53. The number of benzene rings is 2. The van der Waals surface area contributed by atoms with Crippen LogP contribution in [-0.4, -0.2) is 31.8 Å². The summed E-state index contributed by atoms with van der Waals surface area (Å²) < 4.78 is 34.4. The Bertz CT molecular complexity index is 1350. The lowest BCUT2D eigenvalue weighted by molar-refractivity contribution is -0.144. The average Bonchev–Trinajstić information content (AvgIpc) is 3.20. The van der Waals surface area contributed by atoms with E-state index in [0.717, 1.165) is 33.4 Å². The Morgan fingerprint density at radius 1 is 0.970 bits per heavy atom. The Morgan fingerprint density at radius 3 is 2.30 bits per heavy atom. The smallest absolute Gasteiger partial charge is 0.334 e. The topological polar surface area (TPSA) is 63.7 Å². The number of esters is 1. The van der Waals surface area contributed by atoms with Crippen molar-refractivity contribution in [2.75, 3.05) is 13.1 Å². The number of fused-ring (bicyclic) bond motifs is 2. The molecule has 0 saturated carbocycles. The molecular weight excluding hydrogens is 434 g/mol. The molecule has 2 heterocycles. The van der Waals surface area contributed by atoms with Gasteiger partial charge in [0, 0.05) is 29.7 Å². The predicted molar refractivity (Wildman–Crippen MR) is 127 cm³/mol. The number of cyclic esters (lactones) is 1. The normalized spacial score (nSPS) is 22.6. The van der Waals surface area contributed by atoms with Crippen molar-refractivity contribution >= 4 is 16.0 Å². The molecule has 1 saturated heterocycles. The largest absolute Gasteiger partial charge is 0.449 e. The van der Waals surface area contributed by atoms with E-state index in [1.54, 1.807) is 19.1 Å². The summed E-state index contributed by atoms with van der Waals surface area (Å²) in [6.07, 6.45) is 1.56. The molecule has 0 spiro atoms. The van der Waals surface area contributed by atoms with Crippen molar-refractivity contribution in [3.05, 3.63) is 99.7 Å². The Hall–Kier alpha value is -2.96. The molecule has 2 aromatic rings. The summed E-state index contributed by atoms with van der Waals surface area (Å²) in [4.78, 5) is 13.1. The maximum atomic E-state index is 13.5. The first-order valence-electron chi connectivity index (χ1n) is 11.1. The molecule has 2 aliphatic heterocycles. The highest BCUT2D eigenvalue weighted by molar-refractivity contribution is 7.89. The van der Waals surface area contributed by atoms with Crippen molar-refractivity contribution in [3.8, 4) is 0 Å². The van der Waals surface area contributed by atoms with E-state index < -0.39 is 21.5 Å². The minimum Gasteiger partial charge on any atom is -0.449 e. The zero-order valence-electron chi connectivity index (χ0n) is 19.3. The summed E-state index contributed by atoms with van der Waals surface area (Å²) in [6.45, 7) is 8.45. The van der Waals surface area contributed by atoms with E-state index in [4.69, 9.17) is 4.74 Å². The molecule has 5 nitrogen and oxygen atoms in total. The highest BCUT2D eigenvalue weighted by Gasteiger charge is 2.46. The van der Waals surface area contributed by atoms with Crippen LogP contribution in [0.4, 0.5) is 0 Å².